The van der Waals surface area contributed by atoms with Gasteiger partial charge >= 0.3 is 0 Å². The van der Waals surface area contributed by atoms with E-state index in [2.05, 4.69) is 36.5 Å². The summed E-state index contributed by atoms with van der Waals surface area (Å²) >= 11 is 3.39. The summed E-state index contributed by atoms with van der Waals surface area (Å²) < 4.78 is 0.766. The van der Waals surface area contributed by atoms with Crippen molar-refractivity contribution in [3.63, 3.8) is 0 Å². The first-order valence-corrected chi connectivity index (χ1v) is 6.07. The minimum Gasteiger partial charge on any atom is -0.358 e. The molecular formula is C10H16BrN5O. The third-order valence-corrected chi connectivity index (χ3v) is 2.80. The molecule has 2 N–H and O–H groups in total. The van der Waals surface area contributed by atoms with Gasteiger partial charge in [-0.05, 0) is 22.9 Å². The second kappa shape index (κ2) is 6.39. The topological polar surface area (TPSA) is 70.2 Å². The zero-order chi connectivity index (χ0) is 12.8. The van der Waals surface area contributed by atoms with Crippen molar-refractivity contribution in [3.05, 3.63) is 10.7 Å². The third kappa shape index (κ3) is 3.55. The van der Waals surface area contributed by atoms with Gasteiger partial charge in [-0.3, -0.25) is 4.79 Å². The van der Waals surface area contributed by atoms with Crippen LogP contribution in [0.3, 0.4) is 0 Å². The van der Waals surface area contributed by atoms with Gasteiger partial charge in [0.05, 0.1) is 11.0 Å². The Labute approximate surface area is 109 Å². The van der Waals surface area contributed by atoms with Gasteiger partial charge in [0.2, 0.25) is 11.9 Å². The molecule has 0 aliphatic rings. The monoisotopic (exact) mass is 301 g/mol. The molecule has 1 rings (SSSR count). The summed E-state index contributed by atoms with van der Waals surface area (Å²) in [6.45, 7) is 2.93. The van der Waals surface area contributed by atoms with Crippen LogP contribution < -0.4 is 15.5 Å². The van der Waals surface area contributed by atoms with Crippen LogP contribution in [0.5, 0.6) is 0 Å². The van der Waals surface area contributed by atoms with E-state index in [-0.39, 0.29) is 12.5 Å². The van der Waals surface area contributed by atoms with Gasteiger partial charge in [0.15, 0.2) is 0 Å². The summed E-state index contributed by atoms with van der Waals surface area (Å²) in [5, 5.41) is 5.46. The number of nitrogens with zero attached hydrogens (tertiary/aromatic N) is 3. The second-order valence-electron chi connectivity index (χ2n) is 3.30. The number of amides is 1. The van der Waals surface area contributed by atoms with Crippen LogP contribution in [-0.2, 0) is 4.79 Å². The Balaban J connectivity index is 2.97. The molecule has 0 aliphatic heterocycles. The summed E-state index contributed by atoms with van der Waals surface area (Å²) in [6, 6.07) is 0. The second-order valence-corrected chi connectivity index (χ2v) is 4.16. The van der Waals surface area contributed by atoms with Gasteiger partial charge in [-0.1, -0.05) is 0 Å². The summed E-state index contributed by atoms with van der Waals surface area (Å²) in [4.78, 5) is 21.7. The van der Waals surface area contributed by atoms with E-state index in [1.807, 2.05) is 11.8 Å². The van der Waals surface area contributed by atoms with Crippen molar-refractivity contribution in [3.8, 4) is 0 Å². The van der Waals surface area contributed by atoms with Gasteiger partial charge in [-0.15, -0.1) is 0 Å². The first kappa shape index (κ1) is 13.7. The number of rotatable bonds is 5. The molecule has 0 bridgehead atoms. The molecule has 0 aromatic carbocycles. The van der Waals surface area contributed by atoms with E-state index >= 15 is 0 Å². The average molecular weight is 302 g/mol. The minimum atomic E-state index is -0.0524. The van der Waals surface area contributed by atoms with E-state index in [0.717, 1.165) is 4.47 Å². The normalized spacial score (nSPS) is 9.88. The van der Waals surface area contributed by atoms with Gasteiger partial charge in [-0.2, -0.15) is 4.98 Å². The summed E-state index contributed by atoms with van der Waals surface area (Å²) in [5.41, 5.74) is 0. The molecular weight excluding hydrogens is 286 g/mol. The zero-order valence-electron chi connectivity index (χ0n) is 10.1. The first-order chi connectivity index (χ1) is 8.12. The lowest BCUT2D eigenvalue weighted by Crippen LogP contribution is -2.36. The van der Waals surface area contributed by atoms with E-state index in [1.54, 1.807) is 20.3 Å². The maximum atomic E-state index is 11.4. The average Bonchev–Trinajstić information content (AvgIpc) is 2.36. The van der Waals surface area contributed by atoms with E-state index in [9.17, 15) is 4.79 Å². The molecule has 0 fully saturated rings. The highest BCUT2D eigenvalue weighted by Crippen LogP contribution is 2.23. The van der Waals surface area contributed by atoms with Crippen molar-refractivity contribution in [2.45, 2.75) is 6.92 Å². The molecule has 1 heterocycles. The number of aromatic nitrogens is 2. The lowest BCUT2D eigenvalue weighted by Gasteiger charge is -2.22. The van der Waals surface area contributed by atoms with Crippen LogP contribution in [-0.4, -0.2) is 43.1 Å². The number of carbonyl (C=O) groups is 1. The van der Waals surface area contributed by atoms with Crippen molar-refractivity contribution in [2.75, 3.05) is 37.4 Å². The highest BCUT2D eigenvalue weighted by molar-refractivity contribution is 9.10. The van der Waals surface area contributed by atoms with E-state index < -0.39 is 0 Å². The van der Waals surface area contributed by atoms with Crippen LogP contribution in [0.2, 0.25) is 0 Å². The quantitative estimate of drug-likeness (QED) is 0.844. The highest BCUT2D eigenvalue weighted by atomic mass is 79.9. The molecule has 0 spiro atoms. The van der Waals surface area contributed by atoms with Crippen molar-refractivity contribution in [1.82, 2.24) is 15.3 Å². The van der Waals surface area contributed by atoms with E-state index in [0.29, 0.717) is 18.3 Å². The van der Waals surface area contributed by atoms with Crippen LogP contribution >= 0.6 is 15.9 Å². The number of anilines is 2. The zero-order valence-corrected chi connectivity index (χ0v) is 11.7. The van der Waals surface area contributed by atoms with Crippen molar-refractivity contribution >= 4 is 33.6 Å². The number of likely N-dealkylation sites (N-methyl/N-ethyl adjacent to an activating group) is 2. The number of nitrogens with one attached hydrogen (secondary N) is 2. The molecule has 0 radical (unpaired) electrons. The van der Waals surface area contributed by atoms with Crippen LogP contribution in [0.25, 0.3) is 0 Å². The fraction of sp³-hybridized carbons (Fsp3) is 0.500. The fourth-order valence-electron chi connectivity index (χ4n) is 1.29. The molecule has 0 aliphatic carbocycles. The van der Waals surface area contributed by atoms with Crippen molar-refractivity contribution in [1.29, 1.82) is 0 Å². The van der Waals surface area contributed by atoms with Crippen molar-refractivity contribution < 1.29 is 4.79 Å². The van der Waals surface area contributed by atoms with Crippen LogP contribution in [0.15, 0.2) is 10.7 Å². The standard InChI is InChI=1S/C10H16BrN5O/c1-4-16(6-8(17)12-2)9-7(11)5-14-10(13-3)15-9/h5H,4,6H2,1-3H3,(H,12,17)(H,13,14,15). The van der Waals surface area contributed by atoms with Crippen molar-refractivity contribution in [2.24, 2.45) is 0 Å². The Kier molecular flexibility index (Phi) is 5.14. The Hall–Kier alpha value is -1.37. The maximum Gasteiger partial charge on any atom is 0.239 e. The molecule has 1 amide bonds. The fourth-order valence-corrected chi connectivity index (χ4v) is 1.73. The molecule has 0 unspecified atom stereocenters. The van der Waals surface area contributed by atoms with Crippen LogP contribution in [0.4, 0.5) is 11.8 Å². The number of carbonyl (C=O) groups excluding carboxylic acids is 1. The predicted molar refractivity (Wildman–Crippen MR) is 71.2 cm³/mol. The molecule has 0 saturated heterocycles. The van der Waals surface area contributed by atoms with Crippen LogP contribution in [0.1, 0.15) is 6.92 Å². The van der Waals surface area contributed by atoms with Gasteiger partial charge in [0, 0.05) is 26.8 Å². The SMILES string of the molecule is CCN(CC(=O)NC)c1nc(NC)ncc1Br. The van der Waals surface area contributed by atoms with E-state index in [4.69, 9.17) is 0 Å². The van der Waals surface area contributed by atoms with Crippen LogP contribution in [0, 0.1) is 0 Å². The van der Waals surface area contributed by atoms with E-state index in [1.165, 1.54) is 0 Å². The van der Waals surface area contributed by atoms with Gasteiger partial charge in [0.1, 0.15) is 5.82 Å². The summed E-state index contributed by atoms with van der Waals surface area (Å²) in [6.07, 6.45) is 1.67. The number of hydrogen-bond donors (Lipinski definition) is 2. The molecule has 17 heavy (non-hydrogen) atoms. The predicted octanol–water partition coefficient (Wildman–Crippen LogP) is 0.853. The maximum absolute atomic E-state index is 11.4. The molecule has 0 atom stereocenters. The van der Waals surface area contributed by atoms with Gasteiger partial charge < -0.3 is 15.5 Å². The minimum absolute atomic E-state index is 0.0524. The Morgan fingerprint density at radius 3 is 2.76 bits per heavy atom. The molecule has 7 heteroatoms. The van der Waals surface area contributed by atoms with Gasteiger partial charge in [-0.25, -0.2) is 4.98 Å². The lowest BCUT2D eigenvalue weighted by molar-refractivity contribution is -0.119. The summed E-state index contributed by atoms with van der Waals surface area (Å²) in [7, 11) is 3.37. The molecule has 0 saturated carbocycles. The first-order valence-electron chi connectivity index (χ1n) is 5.28. The number of halogens is 1. The Morgan fingerprint density at radius 1 is 1.53 bits per heavy atom. The number of hydrogen-bond acceptors (Lipinski definition) is 5. The Morgan fingerprint density at radius 2 is 2.24 bits per heavy atom. The van der Waals surface area contributed by atoms with Gasteiger partial charge in [0.25, 0.3) is 0 Å². The Bertz CT molecular complexity index is 398. The third-order valence-electron chi connectivity index (χ3n) is 2.24. The smallest absolute Gasteiger partial charge is 0.239 e. The summed E-state index contributed by atoms with van der Waals surface area (Å²) in [5.74, 6) is 1.18. The molecule has 1 aromatic heterocycles. The lowest BCUT2D eigenvalue weighted by atomic mass is 10.4. The highest BCUT2D eigenvalue weighted by Gasteiger charge is 2.14. The molecule has 1 aromatic rings. The largest absolute Gasteiger partial charge is 0.358 e. The molecule has 6 nitrogen and oxygen atoms in total. The molecule has 94 valence electrons.